The summed E-state index contributed by atoms with van der Waals surface area (Å²) in [6, 6.07) is 6.25. The van der Waals surface area contributed by atoms with Crippen molar-refractivity contribution in [3.05, 3.63) is 30.1 Å². The van der Waals surface area contributed by atoms with Gasteiger partial charge in [0.15, 0.2) is 11.6 Å². The topological polar surface area (TPSA) is 50.8 Å². The van der Waals surface area contributed by atoms with Crippen LogP contribution in [0.2, 0.25) is 0 Å². The van der Waals surface area contributed by atoms with E-state index in [9.17, 15) is 9.18 Å². The summed E-state index contributed by atoms with van der Waals surface area (Å²) in [5, 5.41) is 2.86. The van der Waals surface area contributed by atoms with Crippen LogP contribution in [-0.2, 0) is 9.53 Å². The van der Waals surface area contributed by atoms with Crippen LogP contribution < -0.4 is 10.1 Å². The fourth-order valence-electron chi connectivity index (χ4n) is 2.28. The normalized spacial score (nSPS) is 18.9. The molecular formula is C16H23FN2O3. The van der Waals surface area contributed by atoms with Crippen LogP contribution in [0.3, 0.4) is 0 Å². The van der Waals surface area contributed by atoms with E-state index < -0.39 is 0 Å². The Balaban J connectivity index is 1.57. The summed E-state index contributed by atoms with van der Waals surface area (Å²) in [5.41, 5.74) is 0. The molecule has 1 aliphatic heterocycles. The highest BCUT2D eigenvalue weighted by Crippen LogP contribution is 2.15. The van der Waals surface area contributed by atoms with Crippen molar-refractivity contribution in [2.75, 3.05) is 39.9 Å². The molecule has 1 atom stereocenters. The fraction of sp³-hybridized carbons (Fsp3) is 0.562. The zero-order valence-electron chi connectivity index (χ0n) is 12.9. The van der Waals surface area contributed by atoms with Crippen LogP contribution in [0.25, 0.3) is 0 Å². The van der Waals surface area contributed by atoms with Crippen LogP contribution in [0.1, 0.15) is 12.8 Å². The van der Waals surface area contributed by atoms with Crippen LogP contribution in [-0.4, -0.2) is 56.8 Å². The number of nitrogens with zero attached hydrogens (tertiary/aromatic N) is 1. The van der Waals surface area contributed by atoms with Crippen molar-refractivity contribution >= 4 is 5.91 Å². The first-order valence-electron chi connectivity index (χ1n) is 7.59. The molecule has 2 rings (SSSR count). The highest BCUT2D eigenvalue weighted by Gasteiger charge is 2.17. The molecule has 22 heavy (non-hydrogen) atoms. The first kappa shape index (κ1) is 16.7. The highest BCUT2D eigenvalue weighted by atomic mass is 19.1. The average molecular weight is 310 g/mol. The maximum Gasteiger partial charge on any atom is 0.220 e. The van der Waals surface area contributed by atoms with Crippen LogP contribution in [0.5, 0.6) is 5.75 Å². The molecule has 1 aromatic carbocycles. The van der Waals surface area contributed by atoms with Crippen molar-refractivity contribution in [1.29, 1.82) is 0 Å². The number of morpholine rings is 1. The van der Waals surface area contributed by atoms with Gasteiger partial charge in [-0.3, -0.25) is 4.79 Å². The molecule has 0 saturated carbocycles. The van der Waals surface area contributed by atoms with Gasteiger partial charge in [-0.2, -0.15) is 0 Å². The number of nitrogens with one attached hydrogen (secondary N) is 1. The number of carbonyl (C=O) groups is 1. The number of benzene rings is 1. The maximum absolute atomic E-state index is 13.3. The zero-order chi connectivity index (χ0) is 15.8. The van der Waals surface area contributed by atoms with Crippen molar-refractivity contribution in [1.82, 2.24) is 10.2 Å². The third kappa shape index (κ3) is 5.61. The van der Waals surface area contributed by atoms with E-state index in [4.69, 9.17) is 9.47 Å². The second-order valence-electron chi connectivity index (χ2n) is 5.44. The molecule has 0 unspecified atom stereocenters. The number of para-hydroxylation sites is 1. The van der Waals surface area contributed by atoms with Crippen molar-refractivity contribution in [2.45, 2.75) is 18.9 Å². The largest absolute Gasteiger partial charge is 0.491 e. The SMILES string of the molecule is CN1CCO[C@H](CNC(=O)CCCOc2ccccc2F)C1. The molecule has 5 nitrogen and oxygen atoms in total. The van der Waals surface area contributed by atoms with Gasteiger partial charge in [0, 0.05) is 26.1 Å². The number of halogens is 1. The average Bonchev–Trinajstić information content (AvgIpc) is 2.51. The van der Waals surface area contributed by atoms with Gasteiger partial charge in [-0.15, -0.1) is 0 Å². The Kier molecular flexibility index (Phi) is 6.61. The van der Waals surface area contributed by atoms with E-state index in [1.54, 1.807) is 18.2 Å². The van der Waals surface area contributed by atoms with Gasteiger partial charge in [0.1, 0.15) is 0 Å². The Morgan fingerprint density at radius 1 is 1.50 bits per heavy atom. The lowest BCUT2D eigenvalue weighted by molar-refractivity contribution is -0.122. The van der Waals surface area contributed by atoms with Gasteiger partial charge in [-0.25, -0.2) is 4.39 Å². The van der Waals surface area contributed by atoms with Gasteiger partial charge in [-0.05, 0) is 25.6 Å². The summed E-state index contributed by atoms with van der Waals surface area (Å²) in [7, 11) is 2.04. The number of carbonyl (C=O) groups excluding carboxylic acids is 1. The highest BCUT2D eigenvalue weighted by molar-refractivity contribution is 5.75. The molecule has 122 valence electrons. The number of likely N-dealkylation sites (N-methyl/N-ethyl adjacent to an activating group) is 1. The summed E-state index contributed by atoms with van der Waals surface area (Å²) in [6.07, 6.45) is 0.958. The second-order valence-corrected chi connectivity index (χ2v) is 5.44. The predicted molar refractivity (Wildman–Crippen MR) is 81.4 cm³/mol. The molecule has 6 heteroatoms. The Morgan fingerprint density at radius 2 is 2.32 bits per heavy atom. The van der Waals surface area contributed by atoms with Crippen molar-refractivity contribution in [3.8, 4) is 5.75 Å². The lowest BCUT2D eigenvalue weighted by Gasteiger charge is -2.30. The Morgan fingerprint density at radius 3 is 3.09 bits per heavy atom. The third-order valence-electron chi connectivity index (χ3n) is 3.51. The third-order valence-corrected chi connectivity index (χ3v) is 3.51. The van der Waals surface area contributed by atoms with Gasteiger partial charge in [-0.1, -0.05) is 12.1 Å². The van der Waals surface area contributed by atoms with Gasteiger partial charge >= 0.3 is 0 Å². The molecule has 0 spiro atoms. The van der Waals surface area contributed by atoms with E-state index in [1.165, 1.54) is 6.07 Å². The van der Waals surface area contributed by atoms with Crippen LogP contribution in [0.4, 0.5) is 4.39 Å². The van der Waals surface area contributed by atoms with Crippen LogP contribution >= 0.6 is 0 Å². The van der Waals surface area contributed by atoms with E-state index in [0.717, 1.165) is 13.1 Å². The van der Waals surface area contributed by atoms with Crippen molar-refractivity contribution in [3.63, 3.8) is 0 Å². The van der Waals surface area contributed by atoms with Crippen molar-refractivity contribution < 1.29 is 18.7 Å². The zero-order valence-corrected chi connectivity index (χ0v) is 12.9. The first-order chi connectivity index (χ1) is 10.6. The fourth-order valence-corrected chi connectivity index (χ4v) is 2.28. The maximum atomic E-state index is 13.3. The lowest BCUT2D eigenvalue weighted by Crippen LogP contribution is -2.45. The second kappa shape index (κ2) is 8.70. The minimum Gasteiger partial charge on any atom is -0.491 e. The van der Waals surface area contributed by atoms with Crippen molar-refractivity contribution in [2.24, 2.45) is 0 Å². The summed E-state index contributed by atoms with van der Waals surface area (Å²) >= 11 is 0. The molecule has 1 aromatic rings. The van der Waals surface area contributed by atoms with Crippen LogP contribution in [0, 0.1) is 5.82 Å². The number of amides is 1. The minimum atomic E-state index is -0.384. The van der Waals surface area contributed by atoms with E-state index in [2.05, 4.69) is 10.2 Å². The number of hydrogen-bond acceptors (Lipinski definition) is 4. The molecule has 1 N–H and O–H groups in total. The molecule has 1 heterocycles. The minimum absolute atomic E-state index is 0.0334. The molecule has 0 aliphatic carbocycles. The van der Waals surface area contributed by atoms with Gasteiger partial charge in [0.2, 0.25) is 5.91 Å². The van der Waals surface area contributed by atoms with E-state index in [0.29, 0.717) is 32.6 Å². The van der Waals surface area contributed by atoms with E-state index in [1.807, 2.05) is 7.05 Å². The standard InChI is InChI=1S/C16H23FN2O3/c1-19-8-10-21-13(12-19)11-18-16(20)7-4-9-22-15-6-3-2-5-14(15)17/h2-3,5-6,13H,4,7-12H2,1H3,(H,18,20)/t13-/m1/s1. The quantitative estimate of drug-likeness (QED) is 0.774. The Hall–Kier alpha value is -1.66. The lowest BCUT2D eigenvalue weighted by atomic mass is 10.2. The molecule has 1 saturated heterocycles. The Bertz CT molecular complexity index is 484. The predicted octanol–water partition coefficient (Wildman–Crippen LogP) is 1.43. The first-order valence-corrected chi connectivity index (χ1v) is 7.59. The molecule has 1 fully saturated rings. The van der Waals surface area contributed by atoms with E-state index >= 15 is 0 Å². The number of hydrogen-bond donors (Lipinski definition) is 1. The molecule has 1 amide bonds. The van der Waals surface area contributed by atoms with Gasteiger partial charge in [0.05, 0.1) is 19.3 Å². The van der Waals surface area contributed by atoms with Gasteiger partial charge < -0.3 is 19.7 Å². The molecule has 0 radical (unpaired) electrons. The molecule has 0 bridgehead atoms. The number of ether oxygens (including phenoxy) is 2. The van der Waals surface area contributed by atoms with Gasteiger partial charge in [0.25, 0.3) is 0 Å². The van der Waals surface area contributed by atoms with Crippen LogP contribution in [0.15, 0.2) is 24.3 Å². The Labute approximate surface area is 130 Å². The monoisotopic (exact) mass is 310 g/mol. The van der Waals surface area contributed by atoms with E-state index in [-0.39, 0.29) is 23.6 Å². The summed E-state index contributed by atoms with van der Waals surface area (Å²) in [4.78, 5) is 13.9. The number of rotatable bonds is 7. The molecule has 1 aliphatic rings. The summed E-state index contributed by atoms with van der Waals surface area (Å²) < 4.78 is 24.2. The molecular weight excluding hydrogens is 287 g/mol. The summed E-state index contributed by atoms with van der Waals surface area (Å²) in [6.45, 7) is 3.30. The molecule has 0 aromatic heterocycles. The smallest absolute Gasteiger partial charge is 0.220 e. The summed E-state index contributed by atoms with van der Waals surface area (Å²) in [5.74, 6) is -0.193.